The van der Waals surface area contributed by atoms with Crippen LogP contribution in [0.5, 0.6) is 0 Å². The summed E-state index contributed by atoms with van der Waals surface area (Å²) in [6, 6.07) is 4.04. The third-order valence-electron chi connectivity index (χ3n) is 5.43. The summed E-state index contributed by atoms with van der Waals surface area (Å²) in [6.45, 7) is 3.85. The fourth-order valence-electron chi connectivity index (χ4n) is 3.81. The molecule has 2 aliphatic heterocycles. The largest absolute Gasteiger partial charge is 0.627 e. The summed E-state index contributed by atoms with van der Waals surface area (Å²) in [4.78, 5) is 36.3. The molecule has 1 aromatic rings. The normalized spacial score (nSPS) is 26.3. The lowest BCUT2D eigenvalue weighted by Crippen LogP contribution is -2.51. The summed E-state index contributed by atoms with van der Waals surface area (Å²) in [5.74, 6) is -1.61. The first kappa shape index (κ1) is 22.0. The first-order chi connectivity index (χ1) is 14.2. The van der Waals surface area contributed by atoms with Crippen LogP contribution in [0, 0.1) is 16.9 Å². The predicted octanol–water partition coefficient (Wildman–Crippen LogP) is 2.07. The zero-order valence-corrected chi connectivity index (χ0v) is 17.1. The fourth-order valence-corrected chi connectivity index (χ4v) is 3.81. The van der Waals surface area contributed by atoms with Gasteiger partial charge in [0.25, 0.3) is 0 Å². The van der Waals surface area contributed by atoms with Gasteiger partial charge in [0.1, 0.15) is 6.10 Å². The molecule has 1 atom stereocenters. The van der Waals surface area contributed by atoms with Crippen LogP contribution < -0.4 is 14.9 Å². The van der Waals surface area contributed by atoms with Gasteiger partial charge in [-0.25, -0.2) is 9.18 Å². The minimum absolute atomic E-state index is 0.0246. The Hall–Kier alpha value is -2.72. The molecule has 1 N–H and O–H groups in total. The summed E-state index contributed by atoms with van der Waals surface area (Å²) in [7, 11) is 0. The van der Waals surface area contributed by atoms with Gasteiger partial charge < -0.3 is 24.6 Å². The number of anilines is 1. The third-order valence-corrected chi connectivity index (χ3v) is 5.43. The number of piperidine rings is 1. The van der Waals surface area contributed by atoms with Crippen LogP contribution in [0.25, 0.3) is 0 Å². The second-order valence-corrected chi connectivity index (χ2v) is 7.55. The van der Waals surface area contributed by atoms with E-state index in [2.05, 4.69) is 5.32 Å². The van der Waals surface area contributed by atoms with E-state index in [1.165, 1.54) is 24.0 Å². The predicted molar refractivity (Wildman–Crippen MR) is 107 cm³/mol. The summed E-state index contributed by atoms with van der Waals surface area (Å²) in [6.07, 6.45) is -0.526. The summed E-state index contributed by atoms with van der Waals surface area (Å²) >= 11 is 0. The number of carbonyl (C=O) groups excluding carboxylic acids is 3. The number of halogens is 1. The molecule has 30 heavy (non-hydrogen) atoms. The van der Waals surface area contributed by atoms with E-state index in [-0.39, 0.29) is 62.0 Å². The Bertz CT molecular complexity index is 825. The van der Waals surface area contributed by atoms with Gasteiger partial charge in [-0.3, -0.25) is 14.5 Å². The van der Waals surface area contributed by atoms with Crippen LogP contribution in [0.15, 0.2) is 18.2 Å². The molecule has 10 heteroatoms. The van der Waals surface area contributed by atoms with Crippen molar-refractivity contribution in [2.24, 2.45) is 5.92 Å². The van der Waals surface area contributed by atoms with Gasteiger partial charge in [-0.1, -0.05) is 0 Å². The van der Waals surface area contributed by atoms with Crippen LogP contribution in [-0.4, -0.2) is 56.9 Å². The van der Waals surface area contributed by atoms with Crippen molar-refractivity contribution in [3.8, 4) is 0 Å². The van der Waals surface area contributed by atoms with E-state index in [9.17, 15) is 24.0 Å². The molecule has 2 heterocycles. The van der Waals surface area contributed by atoms with E-state index in [1.54, 1.807) is 6.92 Å². The van der Waals surface area contributed by atoms with Crippen LogP contribution in [-0.2, 0) is 19.1 Å². The second-order valence-electron chi connectivity index (χ2n) is 7.55. The average molecular weight is 423 g/mol. The maximum atomic E-state index is 14.8. The summed E-state index contributed by atoms with van der Waals surface area (Å²) in [5, 5.41) is 15.7. The molecule has 2 saturated heterocycles. The summed E-state index contributed by atoms with van der Waals surface area (Å²) < 4.78 is 24.2. The Morgan fingerprint density at radius 1 is 1.37 bits per heavy atom. The number of hydroxylamine groups is 2. The van der Waals surface area contributed by atoms with Gasteiger partial charge in [0.2, 0.25) is 5.91 Å². The Kier molecular flexibility index (Phi) is 6.57. The van der Waals surface area contributed by atoms with Gasteiger partial charge in [-0.15, -0.1) is 0 Å². The first-order valence-corrected chi connectivity index (χ1v) is 10.0. The molecule has 0 bridgehead atoms. The molecular formula is C20H26FN3O6. The maximum Gasteiger partial charge on any atom is 0.414 e. The number of nitrogens with one attached hydrogen (secondary N) is 1. The third kappa shape index (κ3) is 4.71. The zero-order chi connectivity index (χ0) is 21.9. The average Bonchev–Trinajstić information content (AvgIpc) is 3.07. The number of hydrogen-bond acceptors (Lipinski definition) is 6. The molecule has 0 unspecified atom stereocenters. The lowest BCUT2D eigenvalue weighted by atomic mass is 9.96. The lowest BCUT2D eigenvalue weighted by Gasteiger charge is -2.46. The standard InChI is InChI=1S/C20H26FN3O6/c1-3-29-19(26)14-6-8-24(28,9-7-14)18-5-4-15(10-17(18)21)23-12-16(30-20(23)27)11-22-13(2)25/h4-5,10,14,16H,3,6-9,11-12H2,1-2H3,(H,22,25)/t14?,16-,24?/m0/s1. The van der Waals surface area contributed by atoms with Gasteiger partial charge in [-0.2, -0.15) is 0 Å². The highest BCUT2D eigenvalue weighted by atomic mass is 19.1. The molecule has 164 valence electrons. The number of nitrogens with zero attached hydrogens (tertiary/aromatic N) is 2. The molecule has 2 aliphatic rings. The maximum absolute atomic E-state index is 14.8. The van der Waals surface area contributed by atoms with Gasteiger partial charge in [0.15, 0.2) is 11.5 Å². The molecule has 2 amide bonds. The Morgan fingerprint density at radius 2 is 2.07 bits per heavy atom. The van der Waals surface area contributed by atoms with Crippen LogP contribution in [0.4, 0.5) is 20.6 Å². The van der Waals surface area contributed by atoms with Crippen molar-refractivity contribution in [1.82, 2.24) is 9.96 Å². The molecule has 0 radical (unpaired) electrons. The van der Waals surface area contributed by atoms with Crippen LogP contribution >= 0.6 is 0 Å². The Morgan fingerprint density at radius 3 is 2.67 bits per heavy atom. The van der Waals surface area contributed by atoms with Crippen LogP contribution in [0.3, 0.4) is 0 Å². The van der Waals surface area contributed by atoms with Gasteiger partial charge in [-0.05, 0) is 13.0 Å². The second kappa shape index (κ2) is 8.97. The van der Waals surface area contributed by atoms with Gasteiger partial charge in [0.05, 0.1) is 44.4 Å². The van der Waals surface area contributed by atoms with E-state index in [4.69, 9.17) is 9.47 Å². The first-order valence-electron chi connectivity index (χ1n) is 10.0. The highest BCUT2D eigenvalue weighted by Crippen LogP contribution is 2.35. The summed E-state index contributed by atoms with van der Waals surface area (Å²) in [5.41, 5.74) is 0.253. The Labute approximate surface area is 173 Å². The monoisotopic (exact) mass is 423 g/mol. The van der Waals surface area contributed by atoms with Crippen LogP contribution in [0.1, 0.15) is 26.7 Å². The molecule has 2 fully saturated rings. The number of hydrogen-bond donors (Lipinski definition) is 1. The van der Waals surface area contributed by atoms with E-state index >= 15 is 0 Å². The topological polar surface area (TPSA) is 108 Å². The molecule has 3 rings (SSSR count). The van der Waals surface area contributed by atoms with Crippen molar-refractivity contribution in [3.05, 3.63) is 29.2 Å². The highest BCUT2D eigenvalue weighted by Gasteiger charge is 2.36. The lowest BCUT2D eigenvalue weighted by molar-refractivity contribution is -0.149. The molecular weight excluding hydrogens is 397 g/mol. The van der Waals surface area contributed by atoms with Gasteiger partial charge in [0, 0.05) is 31.9 Å². The van der Waals surface area contributed by atoms with E-state index in [1.807, 2.05) is 0 Å². The fraction of sp³-hybridized carbons (Fsp3) is 0.550. The highest BCUT2D eigenvalue weighted by molar-refractivity contribution is 5.90. The molecule has 0 aliphatic carbocycles. The van der Waals surface area contributed by atoms with E-state index in [0.29, 0.717) is 12.8 Å². The van der Waals surface area contributed by atoms with Crippen molar-refractivity contribution in [2.75, 3.05) is 37.7 Å². The van der Waals surface area contributed by atoms with E-state index < -0.39 is 22.7 Å². The molecule has 9 nitrogen and oxygen atoms in total. The zero-order valence-electron chi connectivity index (χ0n) is 17.1. The van der Waals surface area contributed by atoms with Crippen molar-refractivity contribution in [2.45, 2.75) is 32.8 Å². The number of benzene rings is 1. The van der Waals surface area contributed by atoms with Gasteiger partial charge >= 0.3 is 12.1 Å². The number of rotatable bonds is 6. The van der Waals surface area contributed by atoms with Crippen LogP contribution in [0.2, 0.25) is 0 Å². The smallest absolute Gasteiger partial charge is 0.414 e. The van der Waals surface area contributed by atoms with Crippen molar-refractivity contribution in [3.63, 3.8) is 0 Å². The number of ether oxygens (including phenoxy) is 2. The quantitative estimate of drug-likeness (QED) is 0.426. The van der Waals surface area contributed by atoms with Crippen molar-refractivity contribution >= 4 is 29.3 Å². The Balaban J connectivity index is 1.68. The molecule has 0 aromatic heterocycles. The number of quaternary nitrogens is 1. The number of esters is 1. The number of amides is 2. The molecule has 1 aromatic carbocycles. The van der Waals surface area contributed by atoms with Crippen molar-refractivity contribution < 1.29 is 28.2 Å². The minimum atomic E-state index is -0.863. The molecule has 0 saturated carbocycles. The van der Waals surface area contributed by atoms with E-state index in [0.717, 1.165) is 6.07 Å². The van der Waals surface area contributed by atoms with Crippen molar-refractivity contribution in [1.29, 1.82) is 0 Å². The minimum Gasteiger partial charge on any atom is -0.627 e. The number of cyclic esters (lactones) is 1. The SMILES string of the molecule is CCOC(=O)C1CC[N+]([O-])(c2ccc(N3C[C@H](CNC(C)=O)OC3=O)cc2F)CC1. The molecule has 0 spiro atoms. The number of carbonyl (C=O) groups is 3.